The first-order valence-corrected chi connectivity index (χ1v) is 8.12. The van der Waals surface area contributed by atoms with Crippen LogP contribution in [0.2, 0.25) is 0 Å². The minimum Gasteiger partial charge on any atom is -0.271 e. The van der Waals surface area contributed by atoms with Crippen LogP contribution in [0.15, 0.2) is 64.9 Å². The first-order valence-electron chi connectivity index (χ1n) is 8.12. The maximum atomic E-state index is 12.9. The van der Waals surface area contributed by atoms with Crippen molar-refractivity contribution in [3.05, 3.63) is 65.7 Å². The molecule has 4 rings (SSSR count). The molecule has 1 saturated heterocycles. The zero-order valence-electron chi connectivity index (χ0n) is 13.8. The minimum atomic E-state index is -4.46. The molecule has 1 fully saturated rings. The van der Waals surface area contributed by atoms with Gasteiger partial charge in [-0.1, -0.05) is 35.6 Å². The van der Waals surface area contributed by atoms with Crippen LogP contribution in [0.1, 0.15) is 11.1 Å². The van der Waals surface area contributed by atoms with E-state index in [4.69, 9.17) is 0 Å². The second kappa shape index (κ2) is 6.19. The summed E-state index contributed by atoms with van der Waals surface area (Å²) in [6.07, 6.45) is -4.46. The van der Waals surface area contributed by atoms with Crippen LogP contribution in [-0.2, 0) is 22.3 Å². The number of nitrogens with zero attached hydrogens (tertiary/aromatic N) is 4. The standard InChI is InChI=1S/C18H13F3N4O2/c19-18(20,21)12-6-4-5-11(9-12)10-24-15-14(22-23-24)16(26)25(17(15)27)13-7-2-1-3-8-13/h1-9,14-15H,10H2/t14-,15-/m0/s1. The van der Waals surface area contributed by atoms with E-state index in [0.29, 0.717) is 11.3 Å². The highest BCUT2D eigenvalue weighted by molar-refractivity contribution is 6.25. The lowest BCUT2D eigenvalue weighted by Gasteiger charge is -2.21. The number of halogens is 3. The normalized spacial score (nSPS) is 21.9. The van der Waals surface area contributed by atoms with Crippen LogP contribution in [0.4, 0.5) is 18.9 Å². The molecule has 138 valence electrons. The molecule has 2 aromatic carbocycles. The average molecular weight is 374 g/mol. The van der Waals surface area contributed by atoms with Crippen LogP contribution < -0.4 is 4.90 Å². The van der Waals surface area contributed by atoms with Crippen molar-refractivity contribution in [2.45, 2.75) is 24.8 Å². The van der Waals surface area contributed by atoms with Crippen molar-refractivity contribution in [1.82, 2.24) is 5.01 Å². The third-order valence-corrected chi connectivity index (χ3v) is 4.47. The van der Waals surface area contributed by atoms with Crippen molar-refractivity contribution < 1.29 is 22.8 Å². The molecule has 0 aromatic heterocycles. The van der Waals surface area contributed by atoms with E-state index in [-0.39, 0.29) is 6.54 Å². The SMILES string of the molecule is O=C1[C@H]2N=NN(Cc3cccc(C(F)(F)F)c3)[C@@H]2C(=O)N1c1ccccc1. The van der Waals surface area contributed by atoms with Crippen LogP contribution in [0.5, 0.6) is 0 Å². The Morgan fingerprint density at radius 2 is 1.70 bits per heavy atom. The lowest BCUT2D eigenvalue weighted by atomic mass is 10.1. The van der Waals surface area contributed by atoms with Crippen molar-refractivity contribution in [3.63, 3.8) is 0 Å². The van der Waals surface area contributed by atoms with E-state index < -0.39 is 35.6 Å². The summed E-state index contributed by atoms with van der Waals surface area (Å²) >= 11 is 0. The van der Waals surface area contributed by atoms with Gasteiger partial charge in [0.15, 0.2) is 12.1 Å². The number of hydrogen-bond donors (Lipinski definition) is 0. The Labute approximate surface area is 151 Å². The molecule has 27 heavy (non-hydrogen) atoms. The van der Waals surface area contributed by atoms with Crippen molar-refractivity contribution in [2.24, 2.45) is 10.3 Å². The monoisotopic (exact) mass is 374 g/mol. The number of carbonyl (C=O) groups excluding carboxylic acids is 2. The van der Waals surface area contributed by atoms with Crippen LogP contribution in [-0.4, -0.2) is 28.9 Å². The molecule has 6 nitrogen and oxygen atoms in total. The summed E-state index contributed by atoms with van der Waals surface area (Å²) in [5, 5.41) is 8.98. The van der Waals surface area contributed by atoms with Crippen molar-refractivity contribution in [3.8, 4) is 0 Å². The van der Waals surface area contributed by atoms with Gasteiger partial charge < -0.3 is 0 Å². The maximum Gasteiger partial charge on any atom is 0.416 e. The third-order valence-electron chi connectivity index (χ3n) is 4.47. The van der Waals surface area contributed by atoms with Gasteiger partial charge in [-0.3, -0.25) is 14.6 Å². The van der Waals surface area contributed by atoms with Gasteiger partial charge in [0.25, 0.3) is 11.8 Å². The molecule has 0 spiro atoms. The fourth-order valence-corrected chi connectivity index (χ4v) is 3.22. The Morgan fingerprint density at radius 1 is 0.963 bits per heavy atom. The van der Waals surface area contributed by atoms with Crippen molar-refractivity contribution in [2.75, 3.05) is 4.90 Å². The summed E-state index contributed by atoms with van der Waals surface area (Å²) in [5.41, 5.74) is -0.0358. The van der Waals surface area contributed by atoms with Crippen LogP contribution in [0.3, 0.4) is 0 Å². The molecule has 2 atom stereocenters. The molecule has 2 heterocycles. The second-order valence-electron chi connectivity index (χ2n) is 6.24. The lowest BCUT2D eigenvalue weighted by molar-refractivity contribution is -0.137. The number of amides is 2. The highest BCUT2D eigenvalue weighted by Gasteiger charge is 2.54. The number of para-hydroxylation sites is 1. The van der Waals surface area contributed by atoms with Crippen molar-refractivity contribution in [1.29, 1.82) is 0 Å². The van der Waals surface area contributed by atoms with E-state index in [1.54, 1.807) is 30.3 Å². The zero-order chi connectivity index (χ0) is 19.2. The Balaban J connectivity index is 1.58. The van der Waals surface area contributed by atoms with Gasteiger partial charge in [0.2, 0.25) is 0 Å². The van der Waals surface area contributed by atoms with Gasteiger partial charge in [-0.25, -0.2) is 4.90 Å². The summed E-state index contributed by atoms with van der Waals surface area (Å²) in [6.45, 7) is -0.0593. The minimum absolute atomic E-state index is 0.0593. The number of rotatable bonds is 3. The molecule has 9 heteroatoms. The molecule has 2 aromatic rings. The number of hydrogen-bond acceptors (Lipinski definition) is 5. The Bertz CT molecular complexity index is 930. The van der Waals surface area contributed by atoms with Crippen molar-refractivity contribution >= 4 is 17.5 Å². The molecule has 0 saturated carbocycles. The number of fused-ring (bicyclic) bond motifs is 1. The predicted molar refractivity (Wildman–Crippen MR) is 88.4 cm³/mol. The Morgan fingerprint density at radius 3 is 2.41 bits per heavy atom. The molecular weight excluding hydrogens is 361 g/mol. The molecule has 0 N–H and O–H groups in total. The third kappa shape index (κ3) is 2.94. The fraction of sp³-hybridized carbons (Fsp3) is 0.222. The quantitative estimate of drug-likeness (QED) is 0.775. The predicted octanol–water partition coefficient (Wildman–Crippen LogP) is 3.20. The summed E-state index contributed by atoms with van der Waals surface area (Å²) in [7, 11) is 0. The summed E-state index contributed by atoms with van der Waals surface area (Å²) in [5.74, 6) is -0.986. The zero-order valence-corrected chi connectivity index (χ0v) is 13.8. The summed E-state index contributed by atoms with van der Waals surface area (Å²) in [6, 6.07) is 11.3. The molecule has 2 aliphatic heterocycles. The molecular formula is C18H13F3N4O2. The Kier molecular flexibility index (Phi) is 3.94. The van der Waals surface area contributed by atoms with Gasteiger partial charge in [-0.05, 0) is 29.8 Å². The van der Waals surface area contributed by atoms with E-state index in [0.717, 1.165) is 17.0 Å². The van der Waals surface area contributed by atoms with Gasteiger partial charge in [0.05, 0.1) is 17.8 Å². The first kappa shape index (κ1) is 17.2. The lowest BCUT2D eigenvalue weighted by Crippen LogP contribution is -2.39. The molecule has 2 amide bonds. The largest absolute Gasteiger partial charge is 0.416 e. The van der Waals surface area contributed by atoms with Gasteiger partial charge in [-0.2, -0.15) is 18.3 Å². The van der Waals surface area contributed by atoms with E-state index in [2.05, 4.69) is 10.3 Å². The van der Waals surface area contributed by atoms with Gasteiger partial charge in [0.1, 0.15) is 0 Å². The summed E-state index contributed by atoms with van der Waals surface area (Å²) < 4.78 is 38.7. The smallest absolute Gasteiger partial charge is 0.271 e. The van der Waals surface area contributed by atoms with Crippen LogP contribution >= 0.6 is 0 Å². The van der Waals surface area contributed by atoms with Crippen LogP contribution in [0, 0.1) is 0 Å². The number of anilines is 1. The van der Waals surface area contributed by atoms with E-state index >= 15 is 0 Å². The second-order valence-corrected chi connectivity index (χ2v) is 6.24. The van der Waals surface area contributed by atoms with E-state index in [1.807, 2.05) is 0 Å². The highest BCUT2D eigenvalue weighted by atomic mass is 19.4. The molecule has 0 unspecified atom stereocenters. The number of carbonyl (C=O) groups is 2. The number of imide groups is 1. The maximum absolute atomic E-state index is 12.9. The number of alkyl halides is 3. The molecule has 2 aliphatic rings. The topological polar surface area (TPSA) is 65.3 Å². The van der Waals surface area contributed by atoms with Gasteiger partial charge >= 0.3 is 6.18 Å². The molecule has 0 bridgehead atoms. The fourth-order valence-electron chi connectivity index (χ4n) is 3.22. The van der Waals surface area contributed by atoms with E-state index in [1.165, 1.54) is 17.1 Å². The molecule has 0 aliphatic carbocycles. The highest BCUT2D eigenvalue weighted by Crippen LogP contribution is 2.34. The van der Waals surface area contributed by atoms with Gasteiger partial charge in [0, 0.05) is 0 Å². The molecule has 0 radical (unpaired) electrons. The Hall–Kier alpha value is -3.23. The van der Waals surface area contributed by atoms with Gasteiger partial charge in [-0.15, -0.1) is 0 Å². The number of benzene rings is 2. The van der Waals surface area contributed by atoms with E-state index in [9.17, 15) is 22.8 Å². The summed E-state index contributed by atoms with van der Waals surface area (Å²) in [4.78, 5) is 26.4. The average Bonchev–Trinajstić information content (AvgIpc) is 3.16. The first-order chi connectivity index (χ1) is 12.9. The van der Waals surface area contributed by atoms with Crippen LogP contribution in [0.25, 0.3) is 0 Å².